The minimum Gasteiger partial charge on any atom is -0.382 e. The highest BCUT2D eigenvalue weighted by Gasteiger charge is 2.54. The van der Waals surface area contributed by atoms with Crippen molar-refractivity contribution in [1.29, 1.82) is 0 Å². The molecule has 3 aliphatic rings. The minimum atomic E-state index is 0.253. The van der Waals surface area contributed by atoms with Gasteiger partial charge in [0.05, 0.1) is 29.5 Å². The van der Waals surface area contributed by atoms with E-state index in [-0.39, 0.29) is 6.04 Å². The fourth-order valence-corrected chi connectivity index (χ4v) is 6.43. The van der Waals surface area contributed by atoms with Crippen LogP contribution in [-0.4, -0.2) is 25.4 Å². The largest absolute Gasteiger partial charge is 0.382 e. The summed E-state index contributed by atoms with van der Waals surface area (Å²) in [4.78, 5) is 4.78. The van der Waals surface area contributed by atoms with E-state index in [0.717, 1.165) is 34.1 Å². The van der Waals surface area contributed by atoms with E-state index in [2.05, 4.69) is 43.9 Å². The molecule has 2 saturated carbocycles. The van der Waals surface area contributed by atoms with E-state index in [1.165, 1.54) is 35.8 Å². The van der Waals surface area contributed by atoms with Gasteiger partial charge in [0.2, 0.25) is 0 Å². The molecule has 2 aliphatic carbocycles. The van der Waals surface area contributed by atoms with Crippen LogP contribution >= 0.6 is 0 Å². The lowest BCUT2D eigenvalue weighted by atomic mass is 9.68. The Morgan fingerprint density at radius 3 is 2.89 bits per heavy atom. The maximum absolute atomic E-state index is 6.08. The Labute approximate surface area is 161 Å². The van der Waals surface area contributed by atoms with Gasteiger partial charge in [-0.2, -0.15) is 10.2 Å². The summed E-state index contributed by atoms with van der Waals surface area (Å²) in [5.74, 6) is 4.23. The molecule has 0 saturated heterocycles. The van der Waals surface area contributed by atoms with Crippen molar-refractivity contribution in [2.24, 2.45) is 17.8 Å². The molecule has 4 heterocycles. The molecule has 7 nitrogen and oxygen atoms in total. The van der Waals surface area contributed by atoms with Gasteiger partial charge in [-0.1, -0.05) is 6.07 Å². The Balaban J connectivity index is 1.44. The van der Waals surface area contributed by atoms with Crippen molar-refractivity contribution < 1.29 is 0 Å². The smallest absolute Gasteiger partial charge is 0.153 e. The van der Waals surface area contributed by atoms with Crippen molar-refractivity contribution in [2.45, 2.75) is 31.2 Å². The maximum Gasteiger partial charge on any atom is 0.153 e. The van der Waals surface area contributed by atoms with Crippen molar-refractivity contribution in [3.8, 4) is 0 Å². The summed E-state index contributed by atoms with van der Waals surface area (Å²) in [6, 6.07) is 6.77. The molecule has 2 fully saturated rings. The lowest BCUT2D eigenvalue weighted by Gasteiger charge is -2.43. The van der Waals surface area contributed by atoms with Crippen molar-refractivity contribution in [1.82, 2.24) is 25.4 Å². The van der Waals surface area contributed by atoms with E-state index in [0.29, 0.717) is 17.7 Å². The van der Waals surface area contributed by atoms with E-state index in [1.807, 2.05) is 12.4 Å². The molecule has 140 valence electrons. The van der Waals surface area contributed by atoms with Crippen LogP contribution < -0.4 is 11.1 Å². The second kappa shape index (κ2) is 5.04. The van der Waals surface area contributed by atoms with Crippen molar-refractivity contribution >= 4 is 33.4 Å². The van der Waals surface area contributed by atoms with Gasteiger partial charge >= 0.3 is 0 Å². The molecule has 5 N–H and O–H groups in total. The fourth-order valence-electron chi connectivity index (χ4n) is 6.43. The summed E-state index contributed by atoms with van der Waals surface area (Å²) in [6.45, 7) is 0. The number of benzene rings is 1. The standard InChI is InChI=1S/C21H21N7/c22-20-12-6-11(3-4-14(12)27-28-20)19-17-10-2-1-9(5-10)16(17)18-13-7-24-26-15(13)8-23-21(18)25-19/h3-4,6-10,16-17,19H,1-2,5H2,(H,23,25)(H,24,26)(H3,22,27,28)/t9?,10?,16-,17+,19-/m0/s1. The predicted molar refractivity (Wildman–Crippen MR) is 108 cm³/mol. The number of pyridine rings is 1. The number of nitrogens with two attached hydrogens (primary N) is 1. The normalized spacial score (nSPS) is 30.5. The van der Waals surface area contributed by atoms with Crippen LogP contribution in [0.2, 0.25) is 0 Å². The van der Waals surface area contributed by atoms with E-state index < -0.39 is 0 Å². The average Bonchev–Trinajstić information content (AvgIpc) is 3.51. The number of nitrogens with zero attached hydrogens (tertiary/aromatic N) is 3. The van der Waals surface area contributed by atoms with Gasteiger partial charge in [-0.25, -0.2) is 4.98 Å². The first kappa shape index (κ1) is 14.9. The second-order valence-corrected chi connectivity index (χ2v) is 8.69. The Bertz CT molecular complexity index is 1240. The molecule has 5 atom stereocenters. The van der Waals surface area contributed by atoms with Gasteiger partial charge in [-0.15, -0.1) is 0 Å². The number of aromatic nitrogens is 5. The molecule has 28 heavy (non-hydrogen) atoms. The summed E-state index contributed by atoms with van der Waals surface area (Å²) in [5.41, 5.74) is 10.8. The van der Waals surface area contributed by atoms with Crippen LogP contribution in [0.5, 0.6) is 0 Å². The fraction of sp³-hybridized carbons (Fsp3) is 0.381. The number of fused-ring (bicyclic) bond motifs is 10. The summed E-state index contributed by atoms with van der Waals surface area (Å²) in [7, 11) is 0. The van der Waals surface area contributed by atoms with Crippen LogP contribution in [0.3, 0.4) is 0 Å². The third-order valence-corrected chi connectivity index (χ3v) is 7.50. The van der Waals surface area contributed by atoms with Crippen LogP contribution in [0.1, 0.15) is 42.3 Å². The molecule has 1 aliphatic heterocycles. The van der Waals surface area contributed by atoms with Crippen LogP contribution in [0.4, 0.5) is 11.6 Å². The molecule has 0 spiro atoms. The first-order chi connectivity index (χ1) is 13.8. The number of nitrogens with one attached hydrogen (secondary N) is 3. The molecule has 1 aromatic carbocycles. The first-order valence-corrected chi connectivity index (χ1v) is 10.1. The van der Waals surface area contributed by atoms with Gasteiger partial charge in [0.1, 0.15) is 5.82 Å². The number of aromatic amines is 2. The second-order valence-electron chi connectivity index (χ2n) is 8.69. The Kier molecular flexibility index (Phi) is 2.68. The van der Waals surface area contributed by atoms with Crippen molar-refractivity contribution in [3.63, 3.8) is 0 Å². The number of rotatable bonds is 1. The van der Waals surface area contributed by atoms with Crippen LogP contribution in [0.15, 0.2) is 30.6 Å². The summed E-state index contributed by atoms with van der Waals surface area (Å²) in [6.07, 6.45) is 7.87. The highest BCUT2D eigenvalue weighted by molar-refractivity contribution is 5.90. The third-order valence-electron chi connectivity index (χ3n) is 7.50. The van der Waals surface area contributed by atoms with Gasteiger partial charge in [-0.3, -0.25) is 10.2 Å². The van der Waals surface area contributed by atoms with Crippen LogP contribution in [0, 0.1) is 17.8 Å². The van der Waals surface area contributed by atoms with Gasteiger partial charge in [0.25, 0.3) is 0 Å². The number of hydrogen-bond donors (Lipinski definition) is 4. The maximum atomic E-state index is 6.08. The summed E-state index contributed by atoms with van der Waals surface area (Å²) in [5, 5.41) is 20.6. The summed E-state index contributed by atoms with van der Waals surface area (Å²) < 4.78 is 0. The molecule has 7 heteroatoms. The lowest BCUT2D eigenvalue weighted by molar-refractivity contribution is 0.248. The zero-order valence-electron chi connectivity index (χ0n) is 15.3. The molecule has 0 radical (unpaired) electrons. The third kappa shape index (κ3) is 1.77. The average molecular weight is 371 g/mol. The zero-order valence-corrected chi connectivity index (χ0v) is 15.3. The number of hydrogen-bond acceptors (Lipinski definition) is 5. The first-order valence-electron chi connectivity index (χ1n) is 10.1. The molecule has 2 bridgehead atoms. The molecule has 3 aromatic heterocycles. The zero-order chi connectivity index (χ0) is 18.4. The van der Waals surface area contributed by atoms with Crippen LogP contribution in [0.25, 0.3) is 21.8 Å². The van der Waals surface area contributed by atoms with Crippen molar-refractivity contribution in [3.05, 3.63) is 41.7 Å². The molecular weight excluding hydrogens is 350 g/mol. The quantitative estimate of drug-likeness (QED) is 0.408. The topological polar surface area (TPSA) is 108 Å². The Hall–Kier alpha value is -3.09. The van der Waals surface area contributed by atoms with Crippen molar-refractivity contribution in [2.75, 3.05) is 11.1 Å². The molecule has 4 aromatic rings. The molecule has 7 rings (SSSR count). The van der Waals surface area contributed by atoms with E-state index >= 15 is 0 Å². The van der Waals surface area contributed by atoms with E-state index in [9.17, 15) is 0 Å². The Morgan fingerprint density at radius 1 is 1.00 bits per heavy atom. The highest BCUT2D eigenvalue weighted by Crippen LogP contribution is 2.64. The predicted octanol–water partition coefficient (Wildman–Crippen LogP) is 3.71. The van der Waals surface area contributed by atoms with Gasteiger partial charge in [0, 0.05) is 16.3 Å². The monoisotopic (exact) mass is 371 g/mol. The molecule has 0 amide bonds. The number of anilines is 2. The van der Waals surface area contributed by atoms with E-state index in [4.69, 9.17) is 10.7 Å². The number of H-pyrrole nitrogens is 2. The Morgan fingerprint density at radius 2 is 1.93 bits per heavy atom. The lowest BCUT2D eigenvalue weighted by Crippen LogP contribution is -2.36. The van der Waals surface area contributed by atoms with Gasteiger partial charge in [0.15, 0.2) is 5.82 Å². The minimum absolute atomic E-state index is 0.253. The summed E-state index contributed by atoms with van der Waals surface area (Å²) >= 11 is 0. The highest BCUT2D eigenvalue weighted by atomic mass is 15.2. The van der Waals surface area contributed by atoms with Gasteiger partial charge < -0.3 is 11.1 Å². The molecule has 2 unspecified atom stereocenters. The molecular formula is C21H21N7. The van der Waals surface area contributed by atoms with Gasteiger partial charge in [-0.05, 0) is 60.6 Å². The van der Waals surface area contributed by atoms with E-state index in [1.54, 1.807) is 0 Å². The number of nitrogen functional groups attached to an aromatic ring is 1. The SMILES string of the molecule is Nc1n[nH]c2ccc([C@@H]3Nc4ncc5[nH]ncc5c4[C@H]4C5CCC(C5)[C@@H]34)cc12. The van der Waals surface area contributed by atoms with Crippen LogP contribution in [-0.2, 0) is 0 Å².